The second kappa shape index (κ2) is 6.31. The highest BCUT2D eigenvalue weighted by molar-refractivity contribution is 7.87. The third-order valence-electron chi connectivity index (χ3n) is 3.04. The van der Waals surface area contributed by atoms with Crippen LogP contribution in [0.2, 0.25) is 0 Å². The number of halogens is 4. The van der Waals surface area contributed by atoms with E-state index < -0.39 is 48.9 Å². The number of benzene rings is 2. The number of nitro benzene ring substituents is 1. The summed E-state index contributed by atoms with van der Waals surface area (Å²) < 4.78 is 80.5. The van der Waals surface area contributed by atoms with Crippen molar-refractivity contribution in [3.05, 3.63) is 63.5 Å². The van der Waals surface area contributed by atoms with Crippen LogP contribution in [0.25, 0.3) is 0 Å². The zero-order valence-electron chi connectivity index (χ0n) is 12.4. The minimum Gasteiger partial charge on any atom is -0.371 e. The third-order valence-corrected chi connectivity index (χ3v) is 4.29. The fraction of sp³-hybridized carbons (Fsp3) is 0.143. The molecule has 0 bridgehead atoms. The van der Waals surface area contributed by atoms with Crippen LogP contribution in [0.1, 0.15) is 11.1 Å². The van der Waals surface area contributed by atoms with Crippen LogP contribution < -0.4 is 4.18 Å². The van der Waals surface area contributed by atoms with E-state index in [-0.39, 0.29) is 6.07 Å². The summed E-state index contributed by atoms with van der Waals surface area (Å²) in [5, 5.41) is 11.0. The summed E-state index contributed by atoms with van der Waals surface area (Å²) in [5.41, 5.74) is -1.72. The summed E-state index contributed by atoms with van der Waals surface area (Å²) in [7, 11) is -5.08. The molecule has 0 aliphatic heterocycles. The molecule has 0 aromatic heterocycles. The molecule has 0 heterocycles. The van der Waals surface area contributed by atoms with Gasteiger partial charge in [-0.3, -0.25) is 10.1 Å². The third kappa shape index (κ3) is 4.05. The summed E-state index contributed by atoms with van der Waals surface area (Å²) in [4.78, 5) is 8.65. The SMILES string of the molecule is Cc1ccc(OS(=O)(=O)c2cc(C(F)(F)F)ccc2F)c([N+](=O)[O-])c1. The molecule has 2 aromatic rings. The molecule has 0 aliphatic carbocycles. The Balaban J connectivity index is 2.53. The molecule has 11 heteroatoms. The van der Waals surface area contributed by atoms with E-state index in [4.69, 9.17) is 0 Å². The molecule has 25 heavy (non-hydrogen) atoms. The van der Waals surface area contributed by atoms with Gasteiger partial charge in [0, 0.05) is 6.07 Å². The molecule has 0 saturated heterocycles. The van der Waals surface area contributed by atoms with Crippen LogP contribution in [0.15, 0.2) is 41.3 Å². The van der Waals surface area contributed by atoms with E-state index in [0.29, 0.717) is 17.7 Å². The quantitative estimate of drug-likeness (QED) is 0.349. The van der Waals surface area contributed by atoms with Gasteiger partial charge < -0.3 is 4.18 Å². The molecule has 2 rings (SSSR count). The zero-order valence-corrected chi connectivity index (χ0v) is 13.2. The molecular formula is C14H9F4NO5S. The Morgan fingerprint density at radius 3 is 2.32 bits per heavy atom. The molecule has 0 atom stereocenters. The summed E-state index contributed by atoms with van der Waals surface area (Å²) in [6.45, 7) is 1.50. The standard InChI is InChI=1S/C14H9F4NO5S/c1-8-2-5-12(11(6-8)19(20)21)24-25(22,23)13-7-9(14(16,17)18)3-4-10(13)15/h2-7H,1H3. The fourth-order valence-electron chi connectivity index (χ4n) is 1.87. The lowest BCUT2D eigenvalue weighted by atomic mass is 10.2. The van der Waals surface area contributed by atoms with Gasteiger partial charge in [-0.1, -0.05) is 6.07 Å². The van der Waals surface area contributed by atoms with Crippen molar-refractivity contribution in [1.29, 1.82) is 0 Å². The first-order chi connectivity index (χ1) is 11.4. The number of rotatable bonds is 4. The lowest BCUT2D eigenvalue weighted by Gasteiger charge is -2.11. The monoisotopic (exact) mass is 379 g/mol. The molecule has 0 radical (unpaired) electrons. The molecule has 0 amide bonds. The average Bonchev–Trinajstić information content (AvgIpc) is 2.47. The molecule has 0 unspecified atom stereocenters. The van der Waals surface area contributed by atoms with Crippen molar-refractivity contribution in [3.8, 4) is 5.75 Å². The predicted molar refractivity (Wildman–Crippen MR) is 77.0 cm³/mol. The Labute approximate surface area is 138 Å². The molecule has 0 N–H and O–H groups in total. The van der Waals surface area contributed by atoms with E-state index in [0.717, 1.165) is 12.1 Å². The molecule has 6 nitrogen and oxygen atoms in total. The van der Waals surface area contributed by atoms with Crippen LogP contribution >= 0.6 is 0 Å². The van der Waals surface area contributed by atoms with Gasteiger partial charge in [0.25, 0.3) is 0 Å². The highest BCUT2D eigenvalue weighted by atomic mass is 32.2. The van der Waals surface area contributed by atoms with E-state index in [2.05, 4.69) is 4.18 Å². The van der Waals surface area contributed by atoms with Crippen LogP contribution in [0, 0.1) is 22.9 Å². The largest absolute Gasteiger partial charge is 0.416 e. The Bertz CT molecular complexity index is 941. The summed E-state index contributed by atoms with van der Waals surface area (Å²) in [6.07, 6.45) is -4.91. The maximum atomic E-state index is 13.7. The van der Waals surface area contributed by atoms with Gasteiger partial charge in [0.15, 0.2) is 0 Å². The first kappa shape index (κ1) is 18.6. The van der Waals surface area contributed by atoms with Gasteiger partial charge in [-0.25, -0.2) is 4.39 Å². The van der Waals surface area contributed by atoms with Crippen molar-refractivity contribution < 1.29 is 35.1 Å². The van der Waals surface area contributed by atoms with Gasteiger partial charge in [-0.05, 0) is 36.8 Å². The fourth-order valence-corrected chi connectivity index (χ4v) is 2.92. The maximum absolute atomic E-state index is 13.7. The van der Waals surface area contributed by atoms with E-state index in [9.17, 15) is 36.1 Å². The van der Waals surface area contributed by atoms with Crippen LogP contribution in [0.4, 0.5) is 23.2 Å². The van der Waals surface area contributed by atoms with Gasteiger partial charge in [-0.15, -0.1) is 0 Å². The Morgan fingerprint density at radius 2 is 1.76 bits per heavy atom. The summed E-state index contributed by atoms with van der Waals surface area (Å²) >= 11 is 0. The van der Waals surface area contributed by atoms with Gasteiger partial charge >= 0.3 is 22.0 Å². The minimum absolute atomic E-state index is 0.0602. The average molecular weight is 379 g/mol. The lowest BCUT2D eigenvalue weighted by molar-refractivity contribution is -0.385. The molecule has 134 valence electrons. The van der Waals surface area contributed by atoms with Crippen LogP contribution in [-0.2, 0) is 16.3 Å². The molecule has 0 spiro atoms. The number of aryl methyl sites for hydroxylation is 1. The molecule has 0 saturated carbocycles. The van der Waals surface area contributed by atoms with Crippen molar-refractivity contribution in [1.82, 2.24) is 0 Å². The highest BCUT2D eigenvalue weighted by Gasteiger charge is 2.34. The number of nitro groups is 1. The summed E-state index contributed by atoms with van der Waals surface area (Å²) in [5.74, 6) is -2.23. The van der Waals surface area contributed by atoms with E-state index in [1.165, 1.54) is 13.0 Å². The lowest BCUT2D eigenvalue weighted by Crippen LogP contribution is -2.15. The Morgan fingerprint density at radius 1 is 1.12 bits per heavy atom. The van der Waals surface area contributed by atoms with Crippen molar-refractivity contribution >= 4 is 15.8 Å². The first-order valence-corrected chi connectivity index (χ1v) is 7.89. The Kier molecular flexibility index (Phi) is 4.71. The van der Waals surface area contributed by atoms with E-state index >= 15 is 0 Å². The van der Waals surface area contributed by atoms with Gasteiger partial charge in [0.05, 0.1) is 10.5 Å². The van der Waals surface area contributed by atoms with Gasteiger partial charge in [-0.2, -0.15) is 21.6 Å². The topological polar surface area (TPSA) is 86.5 Å². The van der Waals surface area contributed by atoms with Crippen molar-refractivity contribution in [2.45, 2.75) is 18.0 Å². The first-order valence-electron chi connectivity index (χ1n) is 6.48. The zero-order chi connectivity index (χ0) is 19.0. The Hall–Kier alpha value is -2.69. The smallest absolute Gasteiger partial charge is 0.371 e. The van der Waals surface area contributed by atoms with Crippen LogP contribution in [0.3, 0.4) is 0 Å². The summed E-state index contributed by atoms with van der Waals surface area (Å²) in [6, 6.07) is 4.00. The number of nitrogens with zero attached hydrogens (tertiary/aromatic N) is 1. The van der Waals surface area contributed by atoms with Gasteiger partial charge in [0.1, 0.15) is 10.7 Å². The van der Waals surface area contributed by atoms with E-state index in [1.807, 2.05) is 0 Å². The second-order valence-corrected chi connectivity index (χ2v) is 6.42. The van der Waals surface area contributed by atoms with Gasteiger partial charge in [0.2, 0.25) is 5.75 Å². The molecule has 0 fully saturated rings. The van der Waals surface area contributed by atoms with Crippen LogP contribution in [0.5, 0.6) is 5.75 Å². The number of hydrogen-bond donors (Lipinski definition) is 0. The number of hydrogen-bond acceptors (Lipinski definition) is 5. The van der Waals surface area contributed by atoms with Crippen molar-refractivity contribution in [2.75, 3.05) is 0 Å². The normalized spacial score (nSPS) is 12.0. The molecule has 0 aliphatic rings. The number of alkyl halides is 3. The molecule has 2 aromatic carbocycles. The van der Waals surface area contributed by atoms with Crippen molar-refractivity contribution in [3.63, 3.8) is 0 Å². The maximum Gasteiger partial charge on any atom is 0.416 e. The highest BCUT2D eigenvalue weighted by Crippen LogP contribution is 2.34. The molecular weight excluding hydrogens is 370 g/mol. The predicted octanol–water partition coefficient (Wildman–Crippen LogP) is 3.83. The van der Waals surface area contributed by atoms with Crippen molar-refractivity contribution in [2.24, 2.45) is 0 Å². The van der Waals surface area contributed by atoms with Crippen LogP contribution in [-0.4, -0.2) is 13.3 Å². The van der Waals surface area contributed by atoms with E-state index in [1.54, 1.807) is 0 Å². The minimum atomic E-state index is -5.08. The second-order valence-electron chi connectivity index (χ2n) is 4.91.